The first-order chi connectivity index (χ1) is 3.42. The summed E-state index contributed by atoms with van der Waals surface area (Å²) in [4.78, 5) is 0. The molecule has 0 aromatic carbocycles. The van der Waals surface area contributed by atoms with Gasteiger partial charge in [0.15, 0.2) is 0 Å². The summed E-state index contributed by atoms with van der Waals surface area (Å²) >= 11 is 10.3. The Kier molecular flexibility index (Phi) is 3.08. The monoisotopic (exact) mass is 158 g/mol. The third kappa shape index (κ3) is 6.52. The Morgan fingerprint density at radius 3 is 1.88 bits per heavy atom. The smallest absolute Gasteiger partial charge is 0.402 e. The van der Waals surface area contributed by atoms with Crippen molar-refractivity contribution >= 4 is 30.5 Å². The molecule has 0 amide bonds. The van der Waals surface area contributed by atoms with Gasteiger partial charge in [0.25, 0.3) is 0 Å². The van der Waals surface area contributed by atoms with Crippen LogP contribution in [-0.2, 0) is 4.65 Å². The predicted molar refractivity (Wildman–Crippen MR) is 31.4 cm³/mol. The molecule has 0 unspecified atom stereocenters. The van der Waals surface area contributed by atoms with Gasteiger partial charge in [-0.25, -0.2) is 0 Å². The maximum Gasteiger partial charge on any atom is 0.636 e. The first-order valence-corrected chi connectivity index (χ1v) is 2.59. The highest BCUT2D eigenvalue weighted by molar-refractivity contribution is 6.49. The molecule has 3 nitrogen and oxygen atoms in total. The van der Waals surface area contributed by atoms with Crippen molar-refractivity contribution in [2.24, 2.45) is 0 Å². The first kappa shape index (κ1) is 8.52. The molecule has 6 heteroatoms. The van der Waals surface area contributed by atoms with Crippen LogP contribution in [0.25, 0.3) is 0 Å². The Labute approximate surface area is 57.3 Å². The second-order valence-corrected chi connectivity index (χ2v) is 2.89. The van der Waals surface area contributed by atoms with Crippen LogP contribution in [0.3, 0.4) is 0 Å². The molecule has 0 fully saturated rings. The van der Waals surface area contributed by atoms with E-state index in [9.17, 15) is 0 Å². The van der Waals surface area contributed by atoms with E-state index in [1.807, 2.05) is 0 Å². The van der Waals surface area contributed by atoms with Crippen molar-refractivity contribution in [1.82, 2.24) is 0 Å². The third-order valence-corrected chi connectivity index (χ3v) is 0.491. The van der Waals surface area contributed by atoms with Gasteiger partial charge in [-0.3, -0.25) is 0 Å². The minimum absolute atomic E-state index is 1.27. The van der Waals surface area contributed by atoms with E-state index in [1.54, 1.807) is 0 Å². The largest absolute Gasteiger partial charge is 0.636 e. The normalized spacial score (nSPS) is 11.6. The van der Waals surface area contributed by atoms with Crippen molar-refractivity contribution in [3.8, 4) is 0 Å². The molecule has 0 spiro atoms. The number of hydrogen-bond donors (Lipinski definition) is 2. The van der Waals surface area contributed by atoms with Gasteiger partial charge in [-0.1, -0.05) is 23.2 Å². The molecule has 0 heterocycles. The van der Waals surface area contributed by atoms with E-state index in [-0.39, 0.29) is 0 Å². The topological polar surface area (TPSA) is 49.7 Å². The highest BCUT2D eigenvalue weighted by atomic mass is 35.5. The lowest BCUT2D eigenvalue weighted by molar-refractivity contribution is 0.152. The van der Waals surface area contributed by atoms with Crippen LogP contribution in [-0.4, -0.2) is 21.9 Å². The van der Waals surface area contributed by atoms with E-state index < -0.39 is 11.8 Å². The molecule has 0 atom stereocenters. The van der Waals surface area contributed by atoms with E-state index in [0.29, 0.717) is 0 Å². The summed E-state index contributed by atoms with van der Waals surface area (Å²) in [6, 6.07) is 0. The van der Waals surface area contributed by atoms with Crippen molar-refractivity contribution < 1.29 is 14.7 Å². The number of hydrogen-bond acceptors (Lipinski definition) is 3. The summed E-state index contributed by atoms with van der Waals surface area (Å²) in [7, 11) is -1.92. The zero-order valence-corrected chi connectivity index (χ0v) is 5.65. The lowest BCUT2D eigenvalue weighted by Gasteiger charge is -2.12. The van der Waals surface area contributed by atoms with Gasteiger partial charge >= 0.3 is 7.32 Å². The molecule has 0 aromatic heterocycles. The Bertz CT molecular complexity index is 70.2. The molecule has 0 aliphatic rings. The summed E-state index contributed by atoms with van der Waals surface area (Å²) in [6.07, 6.45) is 0. The molecule has 0 aliphatic heterocycles. The van der Waals surface area contributed by atoms with Crippen molar-refractivity contribution in [1.29, 1.82) is 0 Å². The molecule has 0 aromatic rings. The molecule has 8 heavy (non-hydrogen) atoms. The Hall–Kier alpha value is 0.525. The number of rotatable bonds is 2. The minimum Gasteiger partial charge on any atom is -0.402 e. The molecule has 2 N–H and O–H groups in total. The fraction of sp³-hybridized carbons (Fsp3) is 1.00. The second kappa shape index (κ2) is 2.89. The van der Waals surface area contributed by atoms with Gasteiger partial charge in [-0.15, -0.1) is 0 Å². The van der Waals surface area contributed by atoms with E-state index >= 15 is 0 Å². The van der Waals surface area contributed by atoms with E-state index in [1.165, 1.54) is 6.92 Å². The fourth-order valence-electron chi connectivity index (χ4n) is 0.185. The predicted octanol–water partition coefficient (Wildman–Crippen LogP) is 0.124. The summed E-state index contributed by atoms with van der Waals surface area (Å²) in [5, 5.41) is 16.1. The van der Waals surface area contributed by atoms with Crippen LogP contribution in [0, 0.1) is 0 Å². The van der Waals surface area contributed by atoms with Gasteiger partial charge in [-0.2, -0.15) is 0 Å². The molecule has 48 valence electrons. The van der Waals surface area contributed by atoms with E-state index in [2.05, 4.69) is 4.65 Å². The summed E-state index contributed by atoms with van der Waals surface area (Å²) in [5.41, 5.74) is 0. The summed E-state index contributed by atoms with van der Waals surface area (Å²) < 4.78 is 2.55. The Balaban J connectivity index is 3.39. The van der Waals surface area contributed by atoms with Gasteiger partial charge in [0.1, 0.15) is 0 Å². The van der Waals surface area contributed by atoms with Crippen LogP contribution < -0.4 is 0 Å². The average molecular weight is 159 g/mol. The quantitative estimate of drug-likeness (QED) is 0.444. The van der Waals surface area contributed by atoms with E-state index in [4.69, 9.17) is 33.2 Å². The molecule has 0 aliphatic carbocycles. The van der Waals surface area contributed by atoms with Crippen molar-refractivity contribution in [3.05, 3.63) is 0 Å². The lowest BCUT2D eigenvalue weighted by Crippen LogP contribution is -2.26. The maximum absolute atomic E-state index is 8.05. The van der Waals surface area contributed by atoms with Crippen LogP contribution in [0.15, 0.2) is 0 Å². The number of alkyl halides is 2. The third-order valence-electron chi connectivity index (χ3n) is 0.312. The molecule has 0 radical (unpaired) electrons. The highest BCUT2D eigenvalue weighted by Crippen LogP contribution is 2.20. The molecule has 0 rings (SSSR count). The van der Waals surface area contributed by atoms with Gasteiger partial charge in [-0.05, 0) is 6.92 Å². The maximum atomic E-state index is 8.05. The van der Waals surface area contributed by atoms with Crippen LogP contribution in [0.2, 0.25) is 0 Å². The Morgan fingerprint density at radius 1 is 1.50 bits per heavy atom. The SMILES string of the molecule is CC(Cl)(Cl)OB(O)O. The van der Waals surface area contributed by atoms with Gasteiger partial charge < -0.3 is 14.7 Å². The summed E-state index contributed by atoms with van der Waals surface area (Å²) in [6.45, 7) is 1.27. The van der Waals surface area contributed by atoms with Crippen molar-refractivity contribution in [3.63, 3.8) is 0 Å². The van der Waals surface area contributed by atoms with Crippen LogP contribution >= 0.6 is 23.2 Å². The lowest BCUT2D eigenvalue weighted by atomic mass is 10.3. The molecular formula is C2H5BCl2O3. The highest BCUT2D eigenvalue weighted by Gasteiger charge is 2.24. The fourth-order valence-corrected chi connectivity index (χ4v) is 0.344. The molecular weight excluding hydrogens is 154 g/mol. The second-order valence-electron chi connectivity index (χ2n) is 1.25. The first-order valence-electron chi connectivity index (χ1n) is 1.83. The van der Waals surface area contributed by atoms with Gasteiger partial charge in [0, 0.05) is 0 Å². The zero-order valence-electron chi connectivity index (χ0n) is 4.14. The zero-order chi connectivity index (χ0) is 6.78. The number of halogens is 2. The van der Waals surface area contributed by atoms with Crippen molar-refractivity contribution in [2.75, 3.05) is 0 Å². The standard InChI is InChI=1S/C2H5BCl2O3/c1-2(4,5)8-3(6)7/h6-7H,1H3. The van der Waals surface area contributed by atoms with Gasteiger partial charge in [0.2, 0.25) is 4.52 Å². The minimum atomic E-state index is -1.92. The van der Waals surface area contributed by atoms with Crippen molar-refractivity contribution in [2.45, 2.75) is 11.4 Å². The Morgan fingerprint density at radius 2 is 1.88 bits per heavy atom. The molecule has 0 saturated carbocycles. The van der Waals surface area contributed by atoms with E-state index in [0.717, 1.165) is 0 Å². The molecule has 0 bridgehead atoms. The summed E-state index contributed by atoms with van der Waals surface area (Å²) in [5.74, 6) is 0. The average Bonchev–Trinajstić information content (AvgIpc) is 1.21. The molecule has 0 saturated heterocycles. The van der Waals surface area contributed by atoms with Crippen LogP contribution in [0.1, 0.15) is 6.92 Å². The van der Waals surface area contributed by atoms with Crippen LogP contribution in [0.4, 0.5) is 0 Å². The van der Waals surface area contributed by atoms with Crippen LogP contribution in [0.5, 0.6) is 0 Å². The van der Waals surface area contributed by atoms with Gasteiger partial charge in [0.05, 0.1) is 0 Å².